The smallest absolute Gasteiger partial charge is 0.411 e. The molecule has 0 aromatic heterocycles. The number of hydrogen-bond donors (Lipinski definition) is 2. The first kappa shape index (κ1) is 21.6. The highest BCUT2D eigenvalue weighted by Gasteiger charge is 2.13. The minimum Gasteiger partial charge on any atom is -1.00 e. The molecule has 0 aliphatic carbocycles. The molecule has 1 fully saturated rings. The van der Waals surface area contributed by atoms with Gasteiger partial charge in [-0.15, -0.1) is 0 Å². The minimum atomic E-state index is -0.386. The highest BCUT2D eigenvalue weighted by molar-refractivity contribution is 5.84. The SMILES string of the molecule is CCCCCOc1ccc(NC(=O)OCC[NH+]2CCCCC2)cc1.[Cl-]. The number of benzene rings is 1. The number of ether oxygens (including phenoxy) is 2. The quantitative estimate of drug-likeness (QED) is 0.596. The van der Waals surface area contributed by atoms with Crippen LogP contribution in [0.3, 0.4) is 0 Å². The summed E-state index contributed by atoms with van der Waals surface area (Å²) in [4.78, 5) is 13.3. The third kappa shape index (κ3) is 8.98. The number of likely N-dealkylation sites (tertiary alicyclic amines) is 1. The number of nitrogens with one attached hydrogen (secondary N) is 2. The molecule has 0 saturated carbocycles. The van der Waals surface area contributed by atoms with Crippen LogP contribution in [0.5, 0.6) is 5.75 Å². The molecular weight excluding hydrogens is 340 g/mol. The summed E-state index contributed by atoms with van der Waals surface area (Å²) in [7, 11) is 0. The molecule has 1 aromatic carbocycles. The molecule has 142 valence electrons. The number of carbonyl (C=O) groups excluding carboxylic acids is 1. The Labute approximate surface area is 157 Å². The largest absolute Gasteiger partial charge is 1.00 e. The lowest BCUT2D eigenvalue weighted by Gasteiger charge is -2.23. The molecule has 0 atom stereocenters. The lowest BCUT2D eigenvalue weighted by molar-refractivity contribution is -0.905. The van der Waals surface area contributed by atoms with E-state index in [4.69, 9.17) is 9.47 Å². The summed E-state index contributed by atoms with van der Waals surface area (Å²) in [5.41, 5.74) is 0.728. The Kier molecular flexibility index (Phi) is 11.1. The molecule has 5 nitrogen and oxygen atoms in total. The van der Waals surface area contributed by atoms with Gasteiger partial charge >= 0.3 is 6.09 Å². The first-order valence-corrected chi connectivity index (χ1v) is 9.28. The Bertz CT molecular complexity index is 476. The Morgan fingerprint density at radius 2 is 1.80 bits per heavy atom. The summed E-state index contributed by atoms with van der Waals surface area (Å²) < 4.78 is 10.9. The van der Waals surface area contributed by atoms with Crippen LogP contribution < -0.4 is 27.4 Å². The predicted octanol–water partition coefficient (Wildman–Crippen LogP) is -0.123. The number of piperidine rings is 1. The second-order valence-corrected chi connectivity index (χ2v) is 6.40. The molecule has 1 aliphatic rings. The summed E-state index contributed by atoms with van der Waals surface area (Å²) in [6.45, 7) is 6.68. The third-order valence-corrected chi connectivity index (χ3v) is 4.37. The van der Waals surface area contributed by atoms with Crippen molar-refractivity contribution in [3.8, 4) is 5.75 Å². The highest BCUT2D eigenvalue weighted by atomic mass is 35.5. The maximum atomic E-state index is 11.8. The first-order valence-electron chi connectivity index (χ1n) is 9.28. The van der Waals surface area contributed by atoms with Gasteiger partial charge in [0.2, 0.25) is 0 Å². The second-order valence-electron chi connectivity index (χ2n) is 6.40. The number of unbranched alkanes of at least 4 members (excludes halogenated alkanes) is 2. The molecule has 2 rings (SSSR count). The van der Waals surface area contributed by atoms with Gasteiger partial charge in [0.25, 0.3) is 0 Å². The van der Waals surface area contributed by atoms with Gasteiger partial charge in [0.05, 0.1) is 19.7 Å². The molecule has 1 aliphatic heterocycles. The average Bonchev–Trinajstić information content (AvgIpc) is 2.61. The number of carbonyl (C=O) groups is 1. The van der Waals surface area contributed by atoms with Crippen LogP contribution in [0, 0.1) is 0 Å². The van der Waals surface area contributed by atoms with Crippen molar-refractivity contribution < 1.29 is 31.6 Å². The van der Waals surface area contributed by atoms with Gasteiger partial charge in [0.1, 0.15) is 18.9 Å². The summed E-state index contributed by atoms with van der Waals surface area (Å²) in [5.74, 6) is 0.832. The van der Waals surface area contributed by atoms with Crippen molar-refractivity contribution in [2.45, 2.75) is 45.4 Å². The Morgan fingerprint density at radius 1 is 1.08 bits per heavy atom. The number of rotatable bonds is 9. The van der Waals surface area contributed by atoms with E-state index in [0.717, 1.165) is 31.0 Å². The molecule has 0 radical (unpaired) electrons. The lowest BCUT2D eigenvalue weighted by Crippen LogP contribution is -3.13. The molecule has 1 aromatic rings. The van der Waals surface area contributed by atoms with Crippen LogP contribution in [0.15, 0.2) is 24.3 Å². The fraction of sp³-hybridized carbons (Fsp3) is 0.632. The Balaban J connectivity index is 0.00000312. The molecular formula is C19H31ClN2O3. The number of halogens is 1. The fourth-order valence-corrected chi connectivity index (χ4v) is 2.92. The molecule has 0 bridgehead atoms. The molecule has 1 saturated heterocycles. The molecule has 25 heavy (non-hydrogen) atoms. The standard InChI is InChI=1S/C19H30N2O3.ClH/c1-2-3-7-15-23-18-10-8-17(9-11-18)20-19(22)24-16-14-21-12-5-4-6-13-21;/h8-11H,2-7,12-16H2,1H3,(H,20,22);1H. The average molecular weight is 371 g/mol. The van der Waals surface area contributed by atoms with Gasteiger partial charge in [-0.25, -0.2) is 4.79 Å². The third-order valence-electron chi connectivity index (χ3n) is 4.37. The maximum absolute atomic E-state index is 11.8. The summed E-state index contributed by atoms with van der Waals surface area (Å²) in [6.07, 6.45) is 6.97. The van der Waals surface area contributed by atoms with Crippen molar-refractivity contribution in [2.75, 3.05) is 38.2 Å². The van der Waals surface area contributed by atoms with Gasteiger partial charge in [-0.2, -0.15) is 0 Å². The van der Waals surface area contributed by atoms with Gasteiger partial charge in [-0.05, 0) is 49.9 Å². The number of quaternary nitrogens is 1. The van der Waals surface area contributed by atoms with Gasteiger partial charge in [0, 0.05) is 5.69 Å². The fourth-order valence-electron chi connectivity index (χ4n) is 2.92. The lowest BCUT2D eigenvalue weighted by atomic mass is 10.1. The second kappa shape index (κ2) is 12.8. The van der Waals surface area contributed by atoms with Crippen LogP contribution in [-0.4, -0.2) is 38.9 Å². The zero-order valence-corrected chi connectivity index (χ0v) is 15.9. The maximum Gasteiger partial charge on any atom is 0.411 e. The molecule has 0 unspecified atom stereocenters. The van der Waals surface area contributed by atoms with E-state index in [1.54, 1.807) is 4.90 Å². The zero-order chi connectivity index (χ0) is 17.0. The van der Waals surface area contributed by atoms with Crippen LogP contribution in [0.4, 0.5) is 10.5 Å². The van der Waals surface area contributed by atoms with E-state index in [-0.39, 0.29) is 18.5 Å². The van der Waals surface area contributed by atoms with Crippen molar-refractivity contribution in [2.24, 2.45) is 0 Å². The van der Waals surface area contributed by atoms with E-state index in [1.165, 1.54) is 45.2 Å². The van der Waals surface area contributed by atoms with Crippen LogP contribution in [0.2, 0.25) is 0 Å². The van der Waals surface area contributed by atoms with E-state index in [2.05, 4.69) is 12.2 Å². The van der Waals surface area contributed by atoms with Crippen molar-refractivity contribution >= 4 is 11.8 Å². The van der Waals surface area contributed by atoms with E-state index >= 15 is 0 Å². The van der Waals surface area contributed by atoms with E-state index in [0.29, 0.717) is 6.61 Å². The van der Waals surface area contributed by atoms with Gasteiger partial charge in [-0.1, -0.05) is 19.8 Å². The Hall–Kier alpha value is -1.46. The number of hydrogen-bond acceptors (Lipinski definition) is 3. The van der Waals surface area contributed by atoms with Crippen molar-refractivity contribution in [1.82, 2.24) is 0 Å². The number of anilines is 1. The van der Waals surface area contributed by atoms with Crippen molar-refractivity contribution in [1.29, 1.82) is 0 Å². The normalized spacial score (nSPS) is 14.4. The van der Waals surface area contributed by atoms with Crippen LogP contribution >= 0.6 is 0 Å². The van der Waals surface area contributed by atoms with Crippen LogP contribution in [0.25, 0.3) is 0 Å². The first-order chi connectivity index (χ1) is 11.8. The van der Waals surface area contributed by atoms with Crippen molar-refractivity contribution in [3.63, 3.8) is 0 Å². The van der Waals surface area contributed by atoms with E-state index in [1.807, 2.05) is 24.3 Å². The highest BCUT2D eigenvalue weighted by Crippen LogP contribution is 2.16. The molecule has 6 heteroatoms. The minimum absolute atomic E-state index is 0. The van der Waals surface area contributed by atoms with Crippen LogP contribution in [0.1, 0.15) is 45.4 Å². The van der Waals surface area contributed by atoms with Gasteiger partial charge < -0.3 is 26.8 Å². The van der Waals surface area contributed by atoms with E-state index in [9.17, 15) is 4.79 Å². The topological polar surface area (TPSA) is 52.0 Å². The van der Waals surface area contributed by atoms with Gasteiger partial charge in [0.15, 0.2) is 0 Å². The monoisotopic (exact) mass is 370 g/mol. The predicted molar refractivity (Wildman–Crippen MR) is 95.8 cm³/mol. The van der Waals surface area contributed by atoms with Crippen LogP contribution in [-0.2, 0) is 4.74 Å². The summed E-state index contributed by atoms with van der Waals surface area (Å²) in [6, 6.07) is 7.43. The summed E-state index contributed by atoms with van der Waals surface area (Å²) in [5, 5.41) is 2.76. The molecule has 0 spiro atoms. The number of amides is 1. The van der Waals surface area contributed by atoms with E-state index < -0.39 is 0 Å². The Morgan fingerprint density at radius 3 is 2.48 bits per heavy atom. The molecule has 1 amide bonds. The van der Waals surface area contributed by atoms with Gasteiger partial charge in [-0.3, -0.25) is 5.32 Å². The molecule has 2 N–H and O–H groups in total. The van der Waals surface area contributed by atoms with Crippen molar-refractivity contribution in [3.05, 3.63) is 24.3 Å². The zero-order valence-electron chi connectivity index (χ0n) is 15.2. The molecule has 1 heterocycles. The summed E-state index contributed by atoms with van der Waals surface area (Å²) >= 11 is 0.